The number of benzene rings is 1. The molecule has 194 valence electrons. The lowest BCUT2D eigenvalue weighted by Crippen LogP contribution is -2.55. The van der Waals surface area contributed by atoms with Gasteiger partial charge in [-0.3, -0.25) is 19.4 Å². The number of piperidine rings is 1. The molecule has 1 aliphatic rings. The van der Waals surface area contributed by atoms with Gasteiger partial charge in [-0.25, -0.2) is 0 Å². The van der Waals surface area contributed by atoms with Gasteiger partial charge in [0.2, 0.25) is 11.8 Å². The second-order valence-corrected chi connectivity index (χ2v) is 11.3. The minimum absolute atomic E-state index is 0.0244. The molecular weight excluding hydrogens is 454 g/mol. The summed E-state index contributed by atoms with van der Waals surface area (Å²) >= 11 is 0. The van der Waals surface area contributed by atoms with Gasteiger partial charge in [0, 0.05) is 30.9 Å². The van der Waals surface area contributed by atoms with Crippen LogP contribution < -0.4 is 5.32 Å². The molecule has 1 saturated heterocycles. The Bertz CT molecular complexity index is 1110. The lowest BCUT2D eigenvalue weighted by molar-refractivity contribution is -0.147. The van der Waals surface area contributed by atoms with Crippen LogP contribution in [0.4, 0.5) is 0 Å². The number of nitrogens with zero attached hydrogens (tertiary/aromatic N) is 2. The molecule has 7 heteroatoms. The van der Waals surface area contributed by atoms with Gasteiger partial charge in [-0.15, -0.1) is 0 Å². The van der Waals surface area contributed by atoms with Crippen LogP contribution >= 0.6 is 0 Å². The molecule has 2 aromatic rings. The molecule has 2 amide bonds. The summed E-state index contributed by atoms with van der Waals surface area (Å²) in [5, 5.41) is 12.6. The number of amides is 2. The van der Waals surface area contributed by atoms with Gasteiger partial charge in [0.15, 0.2) is 0 Å². The van der Waals surface area contributed by atoms with Crippen LogP contribution in [0.3, 0.4) is 0 Å². The van der Waals surface area contributed by atoms with E-state index in [9.17, 15) is 19.5 Å². The number of pyridine rings is 1. The maximum Gasteiger partial charge on any atom is 0.305 e. The fraction of sp³-hybridized carbons (Fsp3) is 0.517. The van der Waals surface area contributed by atoms with Crippen molar-refractivity contribution >= 4 is 17.8 Å². The van der Waals surface area contributed by atoms with E-state index in [0.717, 1.165) is 28.7 Å². The summed E-state index contributed by atoms with van der Waals surface area (Å²) in [6.07, 6.45) is 4.80. The summed E-state index contributed by atoms with van der Waals surface area (Å²) in [5.74, 6) is -1.18. The molecule has 0 aliphatic carbocycles. The molecular formula is C29H39N3O4. The van der Waals surface area contributed by atoms with Gasteiger partial charge >= 0.3 is 5.97 Å². The van der Waals surface area contributed by atoms with E-state index in [0.29, 0.717) is 24.9 Å². The summed E-state index contributed by atoms with van der Waals surface area (Å²) in [4.78, 5) is 44.4. The monoisotopic (exact) mass is 493 g/mol. The zero-order chi connectivity index (χ0) is 26.6. The normalized spacial score (nSPS) is 17.1. The highest BCUT2D eigenvalue weighted by Crippen LogP contribution is 2.33. The SMILES string of the molecule is Cc1cccc(C)c1-c1cncc([C@H](CC(=O)O)NC(=O)[C@H](CC(C)C)N2CC(C)(C)CCC2=O)c1. The third-order valence-electron chi connectivity index (χ3n) is 6.93. The van der Waals surface area contributed by atoms with E-state index in [1.54, 1.807) is 17.3 Å². The molecule has 0 bridgehead atoms. The van der Waals surface area contributed by atoms with Gasteiger partial charge in [-0.2, -0.15) is 0 Å². The minimum Gasteiger partial charge on any atom is -0.481 e. The highest BCUT2D eigenvalue weighted by atomic mass is 16.4. The van der Waals surface area contributed by atoms with Crippen molar-refractivity contribution in [3.05, 3.63) is 53.3 Å². The highest BCUT2D eigenvalue weighted by Gasteiger charge is 2.39. The number of hydrogen-bond acceptors (Lipinski definition) is 4. The van der Waals surface area contributed by atoms with E-state index in [1.165, 1.54) is 0 Å². The van der Waals surface area contributed by atoms with Gasteiger partial charge in [-0.1, -0.05) is 45.9 Å². The first kappa shape index (κ1) is 27.4. The predicted octanol–water partition coefficient (Wildman–Crippen LogP) is 5.06. The van der Waals surface area contributed by atoms with E-state index in [4.69, 9.17) is 0 Å². The van der Waals surface area contributed by atoms with Gasteiger partial charge in [0.1, 0.15) is 6.04 Å². The number of carboxylic acid groups (broad SMARTS) is 1. The van der Waals surface area contributed by atoms with E-state index < -0.39 is 18.1 Å². The zero-order valence-electron chi connectivity index (χ0n) is 22.3. The molecule has 0 spiro atoms. The third kappa shape index (κ3) is 6.71. The molecule has 1 aliphatic heterocycles. The number of carbonyl (C=O) groups excluding carboxylic acids is 2. The largest absolute Gasteiger partial charge is 0.481 e. The molecule has 3 rings (SSSR count). The summed E-state index contributed by atoms with van der Waals surface area (Å²) < 4.78 is 0. The number of carbonyl (C=O) groups is 3. The van der Waals surface area contributed by atoms with Crippen LogP contribution in [0.15, 0.2) is 36.7 Å². The number of likely N-dealkylation sites (tertiary alicyclic amines) is 1. The molecule has 0 unspecified atom stereocenters. The van der Waals surface area contributed by atoms with Crippen molar-refractivity contribution in [2.24, 2.45) is 11.3 Å². The standard InChI is InChI=1S/C29H39N3O4/c1-18(2)12-24(32-17-29(5,6)11-10-25(32)33)28(36)31-23(14-26(34)35)21-13-22(16-30-15-21)27-19(3)8-7-9-20(27)4/h7-9,13,15-16,18,23-24H,10-12,14,17H2,1-6H3,(H,31,36)(H,34,35)/t23-,24-/m0/s1. The van der Waals surface area contributed by atoms with Crippen LogP contribution in [0.2, 0.25) is 0 Å². The van der Waals surface area contributed by atoms with Crippen LogP contribution in [0.1, 0.15) is 76.1 Å². The summed E-state index contributed by atoms with van der Waals surface area (Å²) in [5.41, 5.74) is 4.66. The Morgan fingerprint density at radius 2 is 1.83 bits per heavy atom. The Morgan fingerprint density at radius 1 is 1.17 bits per heavy atom. The first-order chi connectivity index (χ1) is 16.9. The van der Waals surface area contributed by atoms with Crippen LogP contribution in [0, 0.1) is 25.2 Å². The minimum atomic E-state index is -1.02. The van der Waals surface area contributed by atoms with Crippen LogP contribution in [-0.4, -0.2) is 45.4 Å². The van der Waals surface area contributed by atoms with Crippen LogP contribution in [0.5, 0.6) is 0 Å². The smallest absolute Gasteiger partial charge is 0.305 e. The van der Waals surface area contributed by atoms with E-state index in [1.807, 2.05) is 52.0 Å². The first-order valence-electron chi connectivity index (χ1n) is 12.7. The Labute approximate surface area is 214 Å². The van der Waals surface area contributed by atoms with E-state index in [2.05, 4.69) is 24.1 Å². The fourth-order valence-corrected chi connectivity index (χ4v) is 5.07. The second kappa shape index (κ2) is 11.2. The quantitative estimate of drug-likeness (QED) is 0.509. The Kier molecular flexibility index (Phi) is 8.54. The molecule has 0 radical (unpaired) electrons. The molecule has 1 aromatic carbocycles. The summed E-state index contributed by atoms with van der Waals surface area (Å²) in [6.45, 7) is 12.8. The summed E-state index contributed by atoms with van der Waals surface area (Å²) in [6, 6.07) is 6.54. The number of aryl methyl sites for hydroxylation is 2. The lowest BCUT2D eigenvalue weighted by atomic mass is 9.82. The van der Waals surface area contributed by atoms with Crippen molar-refractivity contribution in [3.63, 3.8) is 0 Å². The van der Waals surface area contributed by atoms with Crippen molar-refractivity contribution < 1.29 is 19.5 Å². The average molecular weight is 494 g/mol. The number of aromatic nitrogens is 1. The van der Waals surface area contributed by atoms with Gasteiger partial charge in [0.25, 0.3) is 0 Å². The van der Waals surface area contributed by atoms with Crippen molar-refractivity contribution in [1.82, 2.24) is 15.2 Å². The maximum atomic E-state index is 13.6. The van der Waals surface area contributed by atoms with Crippen LogP contribution in [0.25, 0.3) is 11.1 Å². The second-order valence-electron chi connectivity index (χ2n) is 11.3. The topological polar surface area (TPSA) is 99.6 Å². The van der Waals surface area contributed by atoms with E-state index in [-0.39, 0.29) is 29.6 Å². The number of nitrogens with one attached hydrogen (secondary N) is 1. The molecule has 1 aromatic heterocycles. The van der Waals surface area contributed by atoms with Gasteiger partial charge < -0.3 is 15.3 Å². The van der Waals surface area contributed by atoms with Gasteiger partial charge in [0.05, 0.1) is 12.5 Å². The Morgan fingerprint density at radius 3 is 2.44 bits per heavy atom. The first-order valence-corrected chi connectivity index (χ1v) is 12.7. The molecule has 0 saturated carbocycles. The zero-order valence-corrected chi connectivity index (χ0v) is 22.3. The molecule has 2 N–H and O–H groups in total. The predicted molar refractivity (Wildman–Crippen MR) is 140 cm³/mol. The van der Waals surface area contributed by atoms with E-state index >= 15 is 0 Å². The molecule has 2 heterocycles. The highest BCUT2D eigenvalue weighted by molar-refractivity contribution is 5.88. The van der Waals surface area contributed by atoms with Crippen molar-refractivity contribution in [2.75, 3.05) is 6.54 Å². The van der Waals surface area contributed by atoms with Crippen LogP contribution in [-0.2, 0) is 14.4 Å². The fourth-order valence-electron chi connectivity index (χ4n) is 5.07. The summed E-state index contributed by atoms with van der Waals surface area (Å²) in [7, 11) is 0. The van der Waals surface area contributed by atoms with Gasteiger partial charge in [-0.05, 0) is 66.3 Å². The molecule has 2 atom stereocenters. The number of aliphatic carboxylic acids is 1. The number of hydrogen-bond donors (Lipinski definition) is 2. The third-order valence-corrected chi connectivity index (χ3v) is 6.93. The number of rotatable bonds is 9. The van der Waals surface area contributed by atoms with Crippen molar-refractivity contribution in [1.29, 1.82) is 0 Å². The van der Waals surface area contributed by atoms with Crippen molar-refractivity contribution in [2.45, 2.75) is 79.3 Å². The number of carboxylic acids is 1. The maximum absolute atomic E-state index is 13.6. The molecule has 1 fully saturated rings. The molecule has 36 heavy (non-hydrogen) atoms. The molecule has 7 nitrogen and oxygen atoms in total. The Balaban J connectivity index is 1.94. The Hall–Kier alpha value is -3.22. The van der Waals surface area contributed by atoms with Crippen molar-refractivity contribution in [3.8, 4) is 11.1 Å². The average Bonchev–Trinajstić information content (AvgIpc) is 2.78. The lowest BCUT2D eigenvalue weighted by Gasteiger charge is -2.42.